The van der Waals surface area contributed by atoms with Gasteiger partial charge in [0.05, 0.1) is 16.8 Å². The number of hydrogen-bond acceptors (Lipinski definition) is 5. The molecule has 214 valence electrons. The van der Waals surface area contributed by atoms with Crippen LogP contribution in [-0.4, -0.2) is 61.2 Å². The highest BCUT2D eigenvalue weighted by Crippen LogP contribution is 2.43. The van der Waals surface area contributed by atoms with E-state index in [1.165, 1.54) is 18.9 Å². The second-order valence-electron chi connectivity index (χ2n) is 13.2. The summed E-state index contributed by atoms with van der Waals surface area (Å²) in [5.41, 5.74) is 9.44. The van der Waals surface area contributed by atoms with Gasteiger partial charge in [-0.2, -0.15) is 0 Å². The Balaban J connectivity index is 1.25. The SMILES string of the molecule is CO[C@]1(C)C[C@H](Cn2c(-c3cc4cccnc4n3CC3CC3)nc3cc(C(=O)N4C[C@H]5CC[C@@H]4[C@@H]5N)cc(F)c32)C1. The standard InChI is InChI=1S/C32H37FN6O2/c1-32(41-2)13-19(14-32)16-39-28-23(33)10-22(31(40)38-17-21-7-8-25(38)27(21)34)11-24(28)36-30(39)26-12-20-4-3-9-35-29(20)37(26)15-18-5-6-18/h3-4,9-12,18-19,21,25,27H,5-8,13-17,34H2,1-2H3/t19-,21-,25-,27-,32+/m1/s1. The Labute approximate surface area is 238 Å². The number of piperidine rings is 1. The Morgan fingerprint density at radius 1 is 1.12 bits per heavy atom. The first-order valence-electron chi connectivity index (χ1n) is 15.1. The largest absolute Gasteiger partial charge is 0.379 e. The highest BCUT2D eigenvalue weighted by molar-refractivity contribution is 5.98. The van der Waals surface area contributed by atoms with Crippen molar-refractivity contribution >= 4 is 28.0 Å². The maximum absolute atomic E-state index is 16.2. The van der Waals surface area contributed by atoms with Crippen LogP contribution in [0.1, 0.15) is 55.8 Å². The average molecular weight is 557 g/mol. The summed E-state index contributed by atoms with van der Waals surface area (Å²) in [6, 6.07) is 9.40. The van der Waals surface area contributed by atoms with Crippen molar-refractivity contribution < 1.29 is 13.9 Å². The first-order valence-corrected chi connectivity index (χ1v) is 15.1. The molecule has 4 heterocycles. The molecule has 1 aromatic carbocycles. The second-order valence-corrected chi connectivity index (χ2v) is 13.2. The van der Waals surface area contributed by atoms with Crippen LogP contribution in [0.15, 0.2) is 36.5 Å². The van der Waals surface area contributed by atoms with Crippen LogP contribution in [0.5, 0.6) is 0 Å². The second kappa shape index (κ2) is 9.10. The van der Waals surface area contributed by atoms with Crippen LogP contribution < -0.4 is 5.73 Å². The number of nitrogens with two attached hydrogens (primary N) is 1. The van der Waals surface area contributed by atoms with Gasteiger partial charge in [0.25, 0.3) is 5.91 Å². The van der Waals surface area contributed by atoms with Crippen molar-refractivity contribution in [3.05, 3.63) is 47.9 Å². The van der Waals surface area contributed by atoms with Gasteiger partial charge in [0, 0.05) is 56.0 Å². The lowest BCUT2D eigenvalue weighted by Crippen LogP contribution is -2.44. The first-order chi connectivity index (χ1) is 19.8. The number of amides is 1. The van der Waals surface area contributed by atoms with Crippen molar-refractivity contribution in [1.82, 2.24) is 24.0 Å². The summed E-state index contributed by atoms with van der Waals surface area (Å²) in [5, 5.41) is 1.05. The van der Waals surface area contributed by atoms with E-state index in [0.29, 0.717) is 47.4 Å². The maximum Gasteiger partial charge on any atom is 0.254 e. The number of aromatic nitrogens is 4. The number of likely N-dealkylation sites (tertiary alicyclic amines) is 1. The summed E-state index contributed by atoms with van der Waals surface area (Å²) >= 11 is 0. The van der Waals surface area contributed by atoms with E-state index < -0.39 is 5.82 Å². The number of carbonyl (C=O) groups excluding carboxylic acids is 1. The number of nitrogens with zero attached hydrogens (tertiary/aromatic N) is 5. The lowest BCUT2D eigenvalue weighted by Gasteiger charge is -2.44. The van der Waals surface area contributed by atoms with E-state index in [1.807, 2.05) is 21.7 Å². The van der Waals surface area contributed by atoms with Crippen LogP contribution in [0.4, 0.5) is 4.39 Å². The lowest BCUT2D eigenvalue weighted by molar-refractivity contribution is -0.0937. The van der Waals surface area contributed by atoms with E-state index in [4.69, 9.17) is 20.4 Å². The summed E-state index contributed by atoms with van der Waals surface area (Å²) in [6.45, 7) is 4.29. The fourth-order valence-electron chi connectivity index (χ4n) is 7.89. The van der Waals surface area contributed by atoms with Crippen molar-refractivity contribution in [3.8, 4) is 11.5 Å². The van der Waals surface area contributed by atoms with Crippen LogP contribution in [0, 0.1) is 23.6 Å². The van der Waals surface area contributed by atoms with Gasteiger partial charge in [0.15, 0.2) is 5.82 Å². The lowest BCUT2D eigenvalue weighted by atomic mass is 9.72. The van der Waals surface area contributed by atoms with Crippen LogP contribution in [0.3, 0.4) is 0 Å². The van der Waals surface area contributed by atoms with Crippen molar-refractivity contribution in [3.63, 3.8) is 0 Å². The molecule has 4 aromatic rings. The fraction of sp³-hybridized carbons (Fsp3) is 0.531. The van der Waals surface area contributed by atoms with Crippen LogP contribution in [-0.2, 0) is 17.8 Å². The Bertz CT molecular complexity index is 1680. The van der Waals surface area contributed by atoms with Crippen molar-refractivity contribution in [2.45, 2.75) is 76.2 Å². The molecular formula is C32H37FN6O2. The van der Waals surface area contributed by atoms with Crippen molar-refractivity contribution in [2.75, 3.05) is 13.7 Å². The predicted octanol–water partition coefficient (Wildman–Crippen LogP) is 4.98. The minimum atomic E-state index is -0.407. The number of methoxy groups -OCH3 is 1. The van der Waals surface area contributed by atoms with Crippen molar-refractivity contribution in [1.29, 1.82) is 0 Å². The Morgan fingerprint density at radius 2 is 1.93 bits per heavy atom. The minimum Gasteiger partial charge on any atom is -0.379 e. The zero-order valence-corrected chi connectivity index (χ0v) is 23.7. The number of ether oxygens (including phenoxy) is 1. The molecule has 3 saturated carbocycles. The summed E-state index contributed by atoms with van der Waals surface area (Å²) in [7, 11) is 1.76. The number of fused-ring (bicyclic) bond motifs is 4. The van der Waals surface area contributed by atoms with Gasteiger partial charge in [-0.15, -0.1) is 0 Å². The first kappa shape index (κ1) is 25.4. The molecule has 0 radical (unpaired) electrons. The number of imidazole rings is 1. The third-order valence-corrected chi connectivity index (χ3v) is 10.4. The molecular weight excluding hydrogens is 519 g/mol. The maximum atomic E-state index is 16.2. The Hall–Kier alpha value is -3.30. The van der Waals surface area contributed by atoms with Gasteiger partial charge in [-0.3, -0.25) is 4.79 Å². The Kier molecular flexibility index (Phi) is 5.64. The molecule has 8 rings (SSSR count). The number of pyridine rings is 1. The Morgan fingerprint density at radius 3 is 2.63 bits per heavy atom. The minimum absolute atomic E-state index is 0.0144. The van der Waals surface area contributed by atoms with E-state index in [1.54, 1.807) is 13.2 Å². The highest BCUT2D eigenvalue weighted by Gasteiger charge is 2.47. The molecule has 4 aliphatic rings. The molecule has 1 saturated heterocycles. The molecule has 3 aromatic heterocycles. The van der Waals surface area contributed by atoms with E-state index in [9.17, 15) is 4.79 Å². The van der Waals surface area contributed by atoms with Gasteiger partial charge in [0.2, 0.25) is 0 Å². The van der Waals surface area contributed by atoms with Gasteiger partial charge in [-0.1, -0.05) is 0 Å². The molecule has 9 heteroatoms. The van der Waals surface area contributed by atoms with Gasteiger partial charge in [0.1, 0.15) is 17.0 Å². The number of hydrogen-bond donors (Lipinski definition) is 1. The summed E-state index contributed by atoms with van der Waals surface area (Å²) in [4.78, 5) is 25.3. The van der Waals surface area contributed by atoms with Gasteiger partial charge in [-0.05, 0) is 93.5 Å². The monoisotopic (exact) mass is 556 g/mol. The van der Waals surface area contributed by atoms with E-state index >= 15 is 4.39 Å². The molecule has 2 bridgehead atoms. The molecule has 1 aliphatic heterocycles. The van der Waals surface area contributed by atoms with Crippen LogP contribution >= 0.6 is 0 Å². The van der Waals surface area contributed by atoms with E-state index in [-0.39, 0.29) is 23.6 Å². The normalized spacial score (nSPS) is 29.1. The zero-order chi connectivity index (χ0) is 28.0. The molecule has 4 fully saturated rings. The quantitative estimate of drug-likeness (QED) is 0.347. The molecule has 3 aliphatic carbocycles. The average Bonchev–Trinajstić information content (AvgIpc) is 3.31. The summed E-state index contributed by atoms with van der Waals surface area (Å²) in [5.74, 6) is 1.49. The van der Waals surface area contributed by atoms with Crippen LogP contribution in [0.2, 0.25) is 0 Å². The molecule has 3 atom stereocenters. The van der Waals surface area contributed by atoms with E-state index in [2.05, 4.69) is 23.6 Å². The van der Waals surface area contributed by atoms with Crippen LogP contribution in [0.25, 0.3) is 33.6 Å². The highest BCUT2D eigenvalue weighted by atomic mass is 19.1. The van der Waals surface area contributed by atoms with E-state index in [0.717, 1.165) is 54.8 Å². The van der Waals surface area contributed by atoms with Gasteiger partial charge in [-0.25, -0.2) is 14.4 Å². The number of benzene rings is 1. The zero-order valence-electron chi connectivity index (χ0n) is 23.7. The molecule has 41 heavy (non-hydrogen) atoms. The predicted molar refractivity (Wildman–Crippen MR) is 155 cm³/mol. The number of halogens is 1. The third kappa shape index (κ3) is 4.03. The molecule has 1 amide bonds. The summed E-state index contributed by atoms with van der Waals surface area (Å²) < 4.78 is 26.2. The van der Waals surface area contributed by atoms with Gasteiger partial charge < -0.3 is 24.5 Å². The number of carbonyl (C=O) groups is 1. The van der Waals surface area contributed by atoms with Crippen molar-refractivity contribution in [2.24, 2.45) is 23.5 Å². The smallest absolute Gasteiger partial charge is 0.254 e. The molecule has 8 nitrogen and oxygen atoms in total. The third-order valence-electron chi connectivity index (χ3n) is 10.4. The summed E-state index contributed by atoms with van der Waals surface area (Å²) in [6.07, 6.45) is 8.04. The fourth-order valence-corrected chi connectivity index (χ4v) is 7.89. The molecule has 2 N–H and O–H groups in total. The topological polar surface area (TPSA) is 91.2 Å². The molecule has 0 spiro atoms. The number of rotatable bonds is 7. The van der Waals surface area contributed by atoms with Gasteiger partial charge >= 0.3 is 0 Å². The molecule has 0 unspecified atom stereocenters.